The maximum absolute atomic E-state index is 12.8. The zero-order valence-corrected chi connectivity index (χ0v) is 19.8. The fourth-order valence-electron chi connectivity index (χ4n) is 4.53. The van der Waals surface area contributed by atoms with Gasteiger partial charge in [0.15, 0.2) is 5.82 Å². The molecule has 4 heterocycles. The number of imidazole rings is 1. The van der Waals surface area contributed by atoms with Crippen LogP contribution < -0.4 is 10.2 Å². The number of nitrogens with zero attached hydrogens (tertiary/aromatic N) is 7. The van der Waals surface area contributed by atoms with Gasteiger partial charge in [0.05, 0.1) is 11.7 Å². The van der Waals surface area contributed by atoms with Crippen LogP contribution in [-0.2, 0) is 0 Å². The lowest BCUT2D eigenvalue weighted by molar-refractivity contribution is 0.0916. The summed E-state index contributed by atoms with van der Waals surface area (Å²) in [5, 5.41) is 10.5. The van der Waals surface area contributed by atoms with E-state index in [4.69, 9.17) is 16.6 Å². The van der Waals surface area contributed by atoms with Gasteiger partial charge in [-0.3, -0.25) is 19.9 Å². The van der Waals surface area contributed by atoms with Crippen LogP contribution >= 0.6 is 11.6 Å². The van der Waals surface area contributed by atoms with Crippen LogP contribution in [0.2, 0.25) is 5.02 Å². The van der Waals surface area contributed by atoms with Gasteiger partial charge in [-0.15, -0.1) is 0 Å². The SMILES string of the molecule is CCN(C)c1nc2cnc(-c3ncn[nH]3)cc2n1[C@@H]1CCCC(NC(=O)c2cc(Cl)ccn2)C1. The lowest BCUT2D eigenvalue weighted by Gasteiger charge is -2.33. The molecule has 1 fully saturated rings. The first-order valence-corrected chi connectivity index (χ1v) is 11.8. The van der Waals surface area contributed by atoms with Gasteiger partial charge in [0.2, 0.25) is 5.95 Å². The molecule has 176 valence electrons. The Bertz CT molecular complexity index is 1300. The minimum absolute atomic E-state index is 0.0276. The van der Waals surface area contributed by atoms with Gasteiger partial charge in [-0.25, -0.2) is 9.97 Å². The van der Waals surface area contributed by atoms with Gasteiger partial charge in [-0.2, -0.15) is 5.10 Å². The van der Waals surface area contributed by atoms with Crippen LogP contribution in [0.1, 0.15) is 49.1 Å². The molecule has 1 aliphatic carbocycles. The molecule has 2 atom stereocenters. The Morgan fingerprint density at radius 1 is 1.29 bits per heavy atom. The highest BCUT2D eigenvalue weighted by molar-refractivity contribution is 6.30. The van der Waals surface area contributed by atoms with Crippen molar-refractivity contribution in [1.29, 1.82) is 0 Å². The number of H-pyrrole nitrogens is 1. The second-order valence-corrected chi connectivity index (χ2v) is 8.97. The molecule has 34 heavy (non-hydrogen) atoms. The van der Waals surface area contributed by atoms with E-state index in [2.05, 4.69) is 46.9 Å². The highest BCUT2D eigenvalue weighted by Crippen LogP contribution is 2.36. The number of fused-ring (bicyclic) bond motifs is 1. The van der Waals surface area contributed by atoms with Crippen molar-refractivity contribution < 1.29 is 4.79 Å². The highest BCUT2D eigenvalue weighted by Gasteiger charge is 2.29. The van der Waals surface area contributed by atoms with Crippen molar-refractivity contribution in [2.45, 2.75) is 44.7 Å². The van der Waals surface area contributed by atoms with Crippen LogP contribution in [0.4, 0.5) is 5.95 Å². The molecular weight excluding hydrogens is 454 g/mol. The van der Waals surface area contributed by atoms with Crippen LogP contribution in [0, 0.1) is 0 Å². The third-order valence-electron chi connectivity index (χ3n) is 6.33. The van der Waals surface area contributed by atoms with E-state index in [-0.39, 0.29) is 18.0 Å². The van der Waals surface area contributed by atoms with Crippen LogP contribution in [0.3, 0.4) is 0 Å². The Balaban J connectivity index is 1.46. The van der Waals surface area contributed by atoms with Crippen molar-refractivity contribution in [3.05, 3.63) is 47.6 Å². The molecule has 10 nitrogen and oxygen atoms in total. The number of amides is 1. The van der Waals surface area contributed by atoms with Crippen molar-refractivity contribution in [3.8, 4) is 11.5 Å². The maximum atomic E-state index is 12.8. The summed E-state index contributed by atoms with van der Waals surface area (Å²) in [4.78, 5) is 32.7. The summed E-state index contributed by atoms with van der Waals surface area (Å²) in [6.45, 7) is 2.92. The number of hydrogen-bond acceptors (Lipinski definition) is 7. The molecule has 0 aliphatic heterocycles. The van der Waals surface area contributed by atoms with E-state index in [1.54, 1.807) is 24.5 Å². The first-order chi connectivity index (χ1) is 16.5. The van der Waals surface area contributed by atoms with Gasteiger partial charge in [0.1, 0.15) is 23.2 Å². The van der Waals surface area contributed by atoms with E-state index in [0.29, 0.717) is 22.2 Å². The molecule has 2 N–H and O–H groups in total. The largest absolute Gasteiger partial charge is 0.348 e. The van der Waals surface area contributed by atoms with E-state index >= 15 is 0 Å². The van der Waals surface area contributed by atoms with Crippen LogP contribution in [0.25, 0.3) is 22.6 Å². The number of rotatable bonds is 6. The number of carbonyl (C=O) groups excluding carboxylic acids is 1. The van der Waals surface area contributed by atoms with Gasteiger partial charge in [-0.1, -0.05) is 11.6 Å². The average molecular weight is 480 g/mol. The van der Waals surface area contributed by atoms with E-state index in [0.717, 1.165) is 49.2 Å². The normalized spacial score (nSPS) is 18.2. The lowest BCUT2D eigenvalue weighted by atomic mass is 9.90. The number of hydrogen-bond donors (Lipinski definition) is 2. The minimum atomic E-state index is -0.202. The van der Waals surface area contributed by atoms with Crippen LogP contribution in [0.15, 0.2) is 36.9 Å². The standard InChI is InChI=1S/C23H26ClN9O/c1-3-32(2)23-30-19-12-26-17(21-27-13-28-31-21)11-20(19)33(23)16-6-4-5-15(10-16)29-22(34)18-9-14(24)7-8-25-18/h7-9,11-13,15-16H,3-6,10H2,1-2H3,(H,29,34)(H,27,28,31)/t15?,16-/m1/s1. The number of pyridine rings is 2. The zero-order valence-electron chi connectivity index (χ0n) is 19.1. The number of halogens is 1. The van der Waals surface area contributed by atoms with Gasteiger partial charge in [0.25, 0.3) is 5.91 Å². The molecule has 4 aromatic rings. The molecule has 11 heteroatoms. The molecule has 0 bridgehead atoms. The zero-order chi connectivity index (χ0) is 23.7. The molecule has 0 radical (unpaired) electrons. The smallest absolute Gasteiger partial charge is 0.270 e. The van der Waals surface area contributed by atoms with E-state index in [1.165, 1.54) is 6.33 Å². The number of aromatic nitrogens is 7. The first-order valence-electron chi connectivity index (χ1n) is 11.4. The Morgan fingerprint density at radius 2 is 2.18 bits per heavy atom. The average Bonchev–Trinajstić information content (AvgIpc) is 3.51. The Morgan fingerprint density at radius 3 is 2.94 bits per heavy atom. The summed E-state index contributed by atoms with van der Waals surface area (Å²) in [5.41, 5.74) is 2.86. The van der Waals surface area contributed by atoms with Gasteiger partial charge in [-0.05, 0) is 50.8 Å². The van der Waals surface area contributed by atoms with Gasteiger partial charge < -0.3 is 14.8 Å². The predicted octanol–water partition coefficient (Wildman–Crippen LogP) is 3.63. The maximum Gasteiger partial charge on any atom is 0.270 e. The van der Waals surface area contributed by atoms with Gasteiger partial charge >= 0.3 is 0 Å². The molecular formula is C23H26ClN9O. The molecule has 0 aromatic carbocycles. The summed E-state index contributed by atoms with van der Waals surface area (Å²) in [6, 6.07) is 5.46. The van der Waals surface area contributed by atoms with E-state index < -0.39 is 0 Å². The third kappa shape index (κ3) is 4.33. The molecule has 0 saturated heterocycles. The molecule has 5 rings (SSSR count). The predicted molar refractivity (Wildman–Crippen MR) is 130 cm³/mol. The van der Waals surface area contributed by atoms with E-state index in [1.807, 2.05) is 13.1 Å². The highest BCUT2D eigenvalue weighted by atomic mass is 35.5. The summed E-state index contributed by atoms with van der Waals surface area (Å²) >= 11 is 6.04. The summed E-state index contributed by atoms with van der Waals surface area (Å²) < 4.78 is 2.29. The number of anilines is 1. The number of aromatic amines is 1. The molecule has 4 aromatic heterocycles. The Kier molecular flexibility index (Phi) is 6.14. The van der Waals surface area contributed by atoms with Crippen molar-refractivity contribution in [2.24, 2.45) is 0 Å². The van der Waals surface area contributed by atoms with Crippen molar-refractivity contribution in [3.63, 3.8) is 0 Å². The second-order valence-electron chi connectivity index (χ2n) is 8.54. The summed E-state index contributed by atoms with van der Waals surface area (Å²) in [5.74, 6) is 1.30. The molecule has 1 unspecified atom stereocenters. The van der Waals surface area contributed by atoms with E-state index in [9.17, 15) is 4.79 Å². The van der Waals surface area contributed by atoms with Crippen LogP contribution in [0.5, 0.6) is 0 Å². The van der Waals surface area contributed by atoms with Crippen molar-refractivity contribution >= 4 is 34.5 Å². The van der Waals surface area contributed by atoms with Crippen LogP contribution in [-0.4, -0.2) is 60.2 Å². The Labute approximate surface area is 201 Å². The molecule has 0 spiro atoms. The number of nitrogens with one attached hydrogen (secondary N) is 2. The second kappa shape index (κ2) is 9.38. The number of carbonyl (C=O) groups is 1. The third-order valence-corrected chi connectivity index (χ3v) is 6.57. The topological polar surface area (TPSA) is 118 Å². The molecule has 1 amide bonds. The monoisotopic (exact) mass is 479 g/mol. The fraction of sp³-hybridized carbons (Fsp3) is 0.391. The summed E-state index contributed by atoms with van der Waals surface area (Å²) in [6.07, 6.45) is 8.50. The molecule has 1 saturated carbocycles. The quantitative estimate of drug-likeness (QED) is 0.433. The molecule has 1 aliphatic rings. The summed E-state index contributed by atoms with van der Waals surface area (Å²) in [7, 11) is 2.04. The van der Waals surface area contributed by atoms with Crippen molar-refractivity contribution in [1.82, 2.24) is 40.0 Å². The minimum Gasteiger partial charge on any atom is -0.348 e. The Hall–Kier alpha value is -3.53. The lowest BCUT2D eigenvalue weighted by Crippen LogP contribution is -2.39. The fourth-order valence-corrected chi connectivity index (χ4v) is 4.69. The van der Waals surface area contributed by atoms with Gasteiger partial charge in [0, 0.05) is 36.9 Å². The van der Waals surface area contributed by atoms with Crippen molar-refractivity contribution in [2.75, 3.05) is 18.5 Å². The first kappa shape index (κ1) is 22.3.